The summed E-state index contributed by atoms with van der Waals surface area (Å²) in [4.78, 5) is 27.4. The van der Waals surface area contributed by atoms with Crippen molar-refractivity contribution in [3.05, 3.63) is 83.9 Å². The van der Waals surface area contributed by atoms with Crippen LogP contribution >= 0.6 is 0 Å². The third-order valence-corrected chi connectivity index (χ3v) is 8.67. The number of aliphatic carboxylic acids is 1. The molecule has 0 aromatic heterocycles. The van der Waals surface area contributed by atoms with Crippen LogP contribution in [0.25, 0.3) is 10.8 Å². The van der Waals surface area contributed by atoms with E-state index in [9.17, 15) is 14.7 Å². The third-order valence-electron chi connectivity index (χ3n) is 8.67. The molecule has 1 aliphatic heterocycles. The number of amides is 1. The van der Waals surface area contributed by atoms with Gasteiger partial charge < -0.3 is 15.3 Å². The van der Waals surface area contributed by atoms with Crippen molar-refractivity contribution in [3.63, 3.8) is 0 Å². The number of carbonyl (C=O) groups excluding carboxylic acids is 1. The molecule has 4 unspecified atom stereocenters. The van der Waals surface area contributed by atoms with Crippen molar-refractivity contribution in [2.75, 3.05) is 19.6 Å². The van der Waals surface area contributed by atoms with Gasteiger partial charge in [-0.15, -0.1) is 0 Å². The predicted octanol–water partition coefficient (Wildman–Crippen LogP) is 6.01. The molecule has 194 valence electrons. The fourth-order valence-electron chi connectivity index (χ4n) is 6.55. The maximum atomic E-state index is 13.6. The van der Waals surface area contributed by atoms with Crippen LogP contribution in [-0.4, -0.2) is 41.5 Å². The molecule has 0 bridgehead atoms. The van der Waals surface area contributed by atoms with Gasteiger partial charge in [0.2, 0.25) is 5.91 Å². The van der Waals surface area contributed by atoms with E-state index >= 15 is 0 Å². The number of nitrogens with zero attached hydrogens (tertiary/aromatic N) is 1. The van der Waals surface area contributed by atoms with Crippen molar-refractivity contribution < 1.29 is 14.7 Å². The van der Waals surface area contributed by atoms with Crippen molar-refractivity contribution >= 4 is 22.6 Å². The number of benzene rings is 3. The van der Waals surface area contributed by atoms with E-state index < -0.39 is 11.9 Å². The molecule has 0 radical (unpaired) electrons. The average molecular weight is 499 g/mol. The zero-order chi connectivity index (χ0) is 25.8. The summed E-state index contributed by atoms with van der Waals surface area (Å²) in [5.74, 6) is -1.09. The van der Waals surface area contributed by atoms with Crippen molar-refractivity contribution in [1.29, 1.82) is 0 Å². The van der Waals surface area contributed by atoms with E-state index in [2.05, 4.69) is 79.0 Å². The van der Waals surface area contributed by atoms with Gasteiger partial charge in [0.05, 0.1) is 11.8 Å². The van der Waals surface area contributed by atoms with Crippen molar-refractivity contribution in [3.8, 4) is 0 Å². The molecule has 5 atom stereocenters. The highest BCUT2D eigenvalue weighted by atomic mass is 16.4. The molecule has 2 N–H and O–H groups in total. The quantitative estimate of drug-likeness (QED) is 0.418. The summed E-state index contributed by atoms with van der Waals surface area (Å²) in [6, 6.07) is 25.7. The molecule has 5 nitrogen and oxygen atoms in total. The van der Waals surface area contributed by atoms with E-state index in [0.717, 1.165) is 25.8 Å². The predicted molar refractivity (Wildman–Crippen MR) is 147 cm³/mol. The molecule has 37 heavy (non-hydrogen) atoms. The lowest BCUT2D eigenvalue weighted by molar-refractivity contribution is -0.153. The first-order valence-electron chi connectivity index (χ1n) is 13.8. The Balaban J connectivity index is 1.31. The Morgan fingerprint density at radius 2 is 1.62 bits per heavy atom. The number of fused-ring (bicyclic) bond motifs is 1. The first-order chi connectivity index (χ1) is 18.0. The second kappa shape index (κ2) is 11.5. The number of carboxylic acid groups (broad SMARTS) is 1. The first-order valence-corrected chi connectivity index (χ1v) is 13.8. The van der Waals surface area contributed by atoms with Crippen LogP contribution in [0.15, 0.2) is 72.8 Å². The summed E-state index contributed by atoms with van der Waals surface area (Å²) in [6.07, 6.45) is 4.05. The second-order valence-corrected chi connectivity index (χ2v) is 10.9. The number of likely N-dealkylation sites (tertiary alicyclic amines) is 1. The molecular formula is C32H38N2O3. The van der Waals surface area contributed by atoms with Gasteiger partial charge in [-0.1, -0.05) is 85.6 Å². The minimum atomic E-state index is -0.820. The van der Waals surface area contributed by atoms with E-state index in [0.29, 0.717) is 31.8 Å². The lowest BCUT2D eigenvalue weighted by Crippen LogP contribution is -2.49. The number of piperidine rings is 1. The summed E-state index contributed by atoms with van der Waals surface area (Å²) in [5, 5.41) is 16.1. The van der Waals surface area contributed by atoms with E-state index in [4.69, 9.17) is 0 Å². The van der Waals surface area contributed by atoms with Gasteiger partial charge in [0.1, 0.15) is 0 Å². The summed E-state index contributed by atoms with van der Waals surface area (Å²) in [6.45, 7) is 4.45. The Morgan fingerprint density at radius 1 is 0.919 bits per heavy atom. The Morgan fingerprint density at radius 3 is 2.41 bits per heavy atom. The minimum absolute atomic E-state index is 0.0450. The van der Waals surface area contributed by atoms with Crippen molar-refractivity contribution in [1.82, 2.24) is 10.2 Å². The van der Waals surface area contributed by atoms with Gasteiger partial charge in [0, 0.05) is 25.0 Å². The van der Waals surface area contributed by atoms with Crippen LogP contribution in [0, 0.1) is 17.8 Å². The number of hydrogen-bond donors (Lipinski definition) is 2. The fourth-order valence-corrected chi connectivity index (χ4v) is 6.55. The lowest BCUT2D eigenvalue weighted by atomic mass is 9.76. The monoisotopic (exact) mass is 498 g/mol. The lowest BCUT2D eigenvalue weighted by Gasteiger charge is -2.42. The summed E-state index contributed by atoms with van der Waals surface area (Å²) in [7, 11) is 0. The smallest absolute Gasteiger partial charge is 0.307 e. The molecule has 5 heteroatoms. The number of carboxylic acids is 1. The summed E-state index contributed by atoms with van der Waals surface area (Å²) < 4.78 is 0. The van der Waals surface area contributed by atoms with Crippen LogP contribution in [0.1, 0.15) is 62.1 Å². The summed E-state index contributed by atoms with van der Waals surface area (Å²) >= 11 is 0. The van der Waals surface area contributed by atoms with Gasteiger partial charge in [0.25, 0.3) is 0 Å². The highest BCUT2D eigenvalue weighted by Crippen LogP contribution is 2.37. The van der Waals surface area contributed by atoms with Gasteiger partial charge in [-0.3, -0.25) is 9.59 Å². The van der Waals surface area contributed by atoms with Crippen LogP contribution in [0.5, 0.6) is 0 Å². The molecule has 1 heterocycles. The van der Waals surface area contributed by atoms with E-state index in [1.165, 1.54) is 21.9 Å². The molecule has 2 aliphatic rings. The van der Waals surface area contributed by atoms with Gasteiger partial charge in [0.15, 0.2) is 0 Å². The zero-order valence-electron chi connectivity index (χ0n) is 21.7. The molecule has 1 aliphatic carbocycles. The molecule has 3 aromatic carbocycles. The SMILES string of the molecule is C[C@@H](NCC1CCN(C(=O)C2CCCCC2C(=O)O)CC1c1ccccc1)c1cccc2ccccc12. The van der Waals surface area contributed by atoms with Crippen LogP contribution < -0.4 is 5.32 Å². The maximum absolute atomic E-state index is 13.6. The molecule has 0 spiro atoms. The molecule has 2 fully saturated rings. The highest BCUT2D eigenvalue weighted by molar-refractivity contribution is 5.86. The third kappa shape index (κ3) is 5.57. The molecule has 5 rings (SSSR count). The summed E-state index contributed by atoms with van der Waals surface area (Å²) in [5.41, 5.74) is 2.56. The van der Waals surface area contributed by atoms with E-state index in [-0.39, 0.29) is 23.8 Å². The number of rotatable bonds is 7. The Labute approximate surface area is 219 Å². The number of nitrogens with one attached hydrogen (secondary N) is 1. The minimum Gasteiger partial charge on any atom is -0.481 e. The van der Waals surface area contributed by atoms with Crippen LogP contribution in [0.3, 0.4) is 0 Å². The number of carbonyl (C=O) groups is 2. The van der Waals surface area contributed by atoms with Crippen LogP contribution in [0.2, 0.25) is 0 Å². The topological polar surface area (TPSA) is 69.6 Å². The largest absolute Gasteiger partial charge is 0.481 e. The molecular weight excluding hydrogens is 460 g/mol. The van der Waals surface area contributed by atoms with Gasteiger partial charge in [-0.25, -0.2) is 0 Å². The number of hydrogen-bond acceptors (Lipinski definition) is 3. The Hall–Kier alpha value is -3.18. The molecule has 1 saturated heterocycles. The van der Waals surface area contributed by atoms with Gasteiger partial charge >= 0.3 is 5.97 Å². The normalized spacial score (nSPS) is 25.1. The van der Waals surface area contributed by atoms with Crippen LogP contribution in [-0.2, 0) is 9.59 Å². The maximum Gasteiger partial charge on any atom is 0.307 e. The van der Waals surface area contributed by atoms with Crippen molar-refractivity contribution in [2.45, 2.75) is 51.0 Å². The average Bonchev–Trinajstić information content (AvgIpc) is 2.95. The first kappa shape index (κ1) is 25.5. The van der Waals surface area contributed by atoms with E-state index in [1.54, 1.807) is 0 Å². The molecule has 3 aromatic rings. The highest BCUT2D eigenvalue weighted by Gasteiger charge is 2.40. The van der Waals surface area contributed by atoms with Gasteiger partial charge in [-0.05, 0) is 60.5 Å². The van der Waals surface area contributed by atoms with E-state index in [1.807, 2.05) is 11.0 Å². The zero-order valence-corrected chi connectivity index (χ0v) is 21.7. The molecule has 1 saturated carbocycles. The van der Waals surface area contributed by atoms with Gasteiger partial charge in [-0.2, -0.15) is 0 Å². The van der Waals surface area contributed by atoms with Crippen LogP contribution in [0.4, 0.5) is 0 Å². The Kier molecular flexibility index (Phi) is 7.90. The van der Waals surface area contributed by atoms with Crippen molar-refractivity contribution in [2.24, 2.45) is 17.8 Å². The second-order valence-electron chi connectivity index (χ2n) is 10.9. The standard InChI is InChI=1S/C32H38N2O3/c1-22(26-17-9-13-23-12-5-6-14-27(23)26)33-20-25-18-19-34(21-30(25)24-10-3-2-4-11-24)31(35)28-15-7-8-16-29(28)32(36)37/h2-6,9-14,17,22,25,28-30,33H,7-8,15-16,18-21H2,1H3,(H,36,37)/t22-,25?,28?,29?,30?/m1/s1. The Bertz CT molecular complexity index is 1220. The molecule has 1 amide bonds. The fraction of sp³-hybridized carbons (Fsp3) is 0.438.